The smallest absolute Gasteiger partial charge is 0.347 e. The highest BCUT2D eigenvalue weighted by Gasteiger charge is 2.24. The molecule has 5 rings (SSSR count). The van der Waals surface area contributed by atoms with Gasteiger partial charge in [0.2, 0.25) is 5.43 Å². The lowest BCUT2D eigenvalue weighted by Gasteiger charge is -2.36. The number of carbonyl (C=O) groups is 2. The lowest BCUT2D eigenvalue weighted by atomic mass is 10.1. The van der Waals surface area contributed by atoms with Crippen molar-refractivity contribution in [2.75, 3.05) is 37.6 Å². The second-order valence-corrected chi connectivity index (χ2v) is 8.96. The molecule has 37 heavy (non-hydrogen) atoms. The van der Waals surface area contributed by atoms with Crippen LogP contribution >= 0.6 is 0 Å². The number of rotatable bonds is 6. The molecule has 0 saturated carbocycles. The first-order valence-corrected chi connectivity index (χ1v) is 11.9. The molecular weight excluding hydrogens is 481 g/mol. The molecule has 10 heteroatoms. The van der Waals surface area contributed by atoms with Gasteiger partial charge in [0.1, 0.15) is 22.5 Å². The predicted octanol–water partition coefficient (Wildman–Crippen LogP) is 2.97. The SMILES string of the molecule is CCn1cc(C(=O)O)c(=O)c2cc(F)c(N3CCN(CC(=O)c4cc5ccccc5oc4=O)CC3)cc21. The fourth-order valence-corrected chi connectivity index (χ4v) is 4.75. The van der Waals surface area contributed by atoms with Gasteiger partial charge in [-0.1, -0.05) is 18.2 Å². The Morgan fingerprint density at radius 1 is 1.03 bits per heavy atom. The van der Waals surface area contributed by atoms with E-state index in [2.05, 4.69) is 0 Å². The van der Waals surface area contributed by atoms with Gasteiger partial charge in [0.05, 0.1) is 17.7 Å². The van der Waals surface area contributed by atoms with Crippen LogP contribution in [-0.4, -0.2) is 59.0 Å². The second kappa shape index (κ2) is 9.62. The number of hydrogen-bond donors (Lipinski definition) is 1. The topological polar surface area (TPSA) is 113 Å². The first kappa shape index (κ1) is 24.4. The van der Waals surface area contributed by atoms with Crippen molar-refractivity contribution < 1.29 is 23.5 Å². The number of anilines is 1. The molecule has 1 aliphatic heterocycles. The number of benzene rings is 2. The van der Waals surface area contributed by atoms with Gasteiger partial charge in [-0.2, -0.15) is 0 Å². The molecule has 0 unspecified atom stereocenters. The minimum atomic E-state index is -1.36. The Morgan fingerprint density at radius 2 is 1.76 bits per heavy atom. The van der Waals surface area contributed by atoms with Crippen molar-refractivity contribution in [3.8, 4) is 0 Å². The van der Waals surface area contributed by atoms with Crippen LogP contribution < -0.4 is 16.0 Å². The third kappa shape index (κ3) is 4.51. The summed E-state index contributed by atoms with van der Waals surface area (Å²) in [5, 5.41) is 10.0. The first-order valence-electron chi connectivity index (χ1n) is 11.9. The second-order valence-electron chi connectivity index (χ2n) is 8.96. The standard InChI is InChI=1S/C27H24FN3O6/c1-2-30-14-19(26(34)35)25(33)17-12-20(28)22(13-21(17)30)31-9-7-29(8-10-31)15-23(32)18-11-16-5-3-4-6-24(16)37-27(18)36/h3-6,11-14H,2,7-10,15H2,1H3,(H,34,35). The average Bonchev–Trinajstić information content (AvgIpc) is 2.88. The number of hydrogen-bond acceptors (Lipinski definition) is 7. The maximum atomic E-state index is 15.1. The molecule has 0 radical (unpaired) electrons. The van der Waals surface area contributed by atoms with E-state index in [4.69, 9.17) is 4.42 Å². The number of nitrogens with zero attached hydrogens (tertiary/aromatic N) is 3. The largest absolute Gasteiger partial charge is 0.477 e. The van der Waals surface area contributed by atoms with Crippen LogP contribution in [-0.2, 0) is 6.54 Å². The van der Waals surface area contributed by atoms with Crippen LogP contribution in [0.2, 0.25) is 0 Å². The van der Waals surface area contributed by atoms with Crippen LogP contribution in [0.5, 0.6) is 0 Å². The van der Waals surface area contributed by atoms with Gasteiger partial charge in [-0.05, 0) is 31.2 Å². The molecule has 2 aromatic heterocycles. The van der Waals surface area contributed by atoms with Crippen molar-refractivity contribution in [3.63, 3.8) is 0 Å². The van der Waals surface area contributed by atoms with E-state index in [0.29, 0.717) is 54.9 Å². The summed E-state index contributed by atoms with van der Waals surface area (Å²) >= 11 is 0. The van der Waals surface area contributed by atoms with E-state index in [1.54, 1.807) is 41.0 Å². The lowest BCUT2D eigenvalue weighted by Crippen LogP contribution is -2.48. The molecule has 9 nitrogen and oxygen atoms in total. The van der Waals surface area contributed by atoms with E-state index in [9.17, 15) is 24.3 Å². The summed E-state index contributed by atoms with van der Waals surface area (Å²) in [4.78, 5) is 52.9. The number of pyridine rings is 1. The minimum absolute atomic E-state index is 0.0000274. The molecule has 190 valence electrons. The quantitative estimate of drug-likeness (QED) is 0.314. The number of aromatic carboxylic acids is 1. The highest BCUT2D eigenvalue weighted by atomic mass is 19.1. The van der Waals surface area contributed by atoms with Gasteiger partial charge < -0.3 is 19.0 Å². The van der Waals surface area contributed by atoms with E-state index in [0.717, 1.165) is 6.07 Å². The zero-order valence-electron chi connectivity index (χ0n) is 20.1. The summed E-state index contributed by atoms with van der Waals surface area (Å²) in [5.41, 5.74) is -0.622. The molecule has 1 saturated heterocycles. The summed E-state index contributed by atoms with van der Waals surface area (Å²) < 4.78 is 22.0. The summed E-state index contributed by atoms with van der Waals surface area (Å²) in [7, 11) is 0. The normalized spacial score (nSPS) is 14.4. The highest BCUT2D eigenvalue weighted by Crippen LogP contribution is 2.26. The van der Waals surface area contributed by atoms with Crippen LogP contribution in [0.4, 0.5) is 10.1 Å². The summed E-state index contributed by atoms with van der Waals surface area (Å²) in [5.74, 6) is -2.31. The number of aromatic nitrogens is 1. The van der Waals surface area contributed by atoms with Crippen molar-refractivity contribution in [2.24, 2.45) is 0 Å². The first-order chi connectivity index (χ1) is 17.8. The number of fused-ring (bicyclic) bond motifs is 2. The Kier molecular flexibility index (Phi) is 6.34. The van der Waals surface area contributed by atoms with Crippen molar-refractivity contribution in [1.29, 1.82) is 0 Å². The maximum absolute atomic E-state index is 15.1. The molecule has 0 atom stereocenters. The number of Topliss-reactive ketones (excluding diaryl/α,β-unsaturated/α-hetero) is 1. The predicted molar refractivity (Wildman–Crippen MR) is 136 cm³/mol. The van der Waals surface area contributed by atoms with Crippen LogP contribution in [0.1, 0.15) is 27.6 Å². The van der Waals surface area contributed by atoms with E-state index in [1.807, 2.05) is 16.7 Å². The zero-order chi connectivity index (χ0) is 26.3. The summed E-state index contributed by atoms with van der Waals surface area (Å²) in [6.07, 6.45) is 1.28. The number of ketones is 1. The fourth-order valence-electron chi connectivity index (χ4n) is 4.75. The highest BCUT2D eigenvalue weighted by molar-refractivity contribution is 5.99. The van der Waals surface area contributed by atoms with Crippen LogP contribution in [0.15, 0.2) is 62.7 Å². The molecule has 0 spiro atoms. The molecular formula is C27H24FN3O6. The van der Waals surface area contributed by atoms with E-state index < -0.39 is 28.4 Å². The summed E-state index contributed by atoms with van der Waals surface area (Å²) in [6, 6.07) is 11.2. The van der Waals surface area contributed by atoms with Gasteiger partial charge in [0.15, 0.2) is 5.78 Å². The average molecular weight is 506 g/mol. The molecule has 0 aliphatic carbocycles. The van der Waals surface area contributed by atoms with E-state index in [1.165, 1.54) is 6.20 Å². The maximum Gasteiger partial charge on any atom is 0.347 e. The molecule has 0 amide bonds. The van der Waals surface area contributed by atoms with Crippen LogP contribution in [0, 0.1) is 5.82 Å². The number of carboxylic acid groups (broad SMARTS) is 1. The number of carbonyl (C=O) groups excluding carboxylic acids is 1. The van der Waals surface area contributed by atoms with Gasteiger partial charge >= 0.3 is 11.6 Å². The van der Waals surface area contributed by atoms with Crippen molar-refractivity contribution in [3.05, 3.63) is 86.2 Å². The third-order valence-electron chi connectivity index (χ3n) is 6.74. The molecule has 4 aromatic rings. The molecule has 2 aromatic carbocycles. The number of aryl methyl sites for hydroxylation is 1. The number of piperazine rings is 1. The van der Waals surface area contributed by atoms with Gasteiger partial charge in [-0.25, -0.2) is 14.0 Å². The lowest BCUT2D eigenvalue weighted by molar-refractivity contribution is 0.0694. The third-order valence-corrected chi connectivity index (χ3v) is 6.74. The molecule has 1 aliphatic rings. The number of carboxylic acids is 1. The Balaban J connectivity index is 1.34. The monoisotopic (exact) mass is 505 g/mol. The van der Waals surface area contributed by atoms with Gasteiger partial charge in [0.25, 0.3) is 0 Å². The molecule has 1 fully saturated rings. The van der Waals surface area contributed by atoms with Crippen molar-refractivity contribution >= 4 is 39.3 Å². The fraction of sp³-hybridized carbons (Fsp3) is 0.259. The zero-order valence-corrected chi connectivity index (χ0v) is 20.1. The Labute approximate surface area is 209 Å². The van der Waals surface area contributed by atoms with Gasteiger partial charge in [-0.3, -0.25) is 14.5 Å². The Bertz CT molecular complexity index is 1670. The molecule has 0 bridgehead atoms. The van der Waals surface area contributed by atoms with E-state index >= 15 is 4.39 Å². The minimum Gasteiger partial charge on any atom is -0.477 e. The van der Waals surface area contributed by atoms with E-state index in [-0.39, 0.29) is 23.3 Å². The molecule has 1 N–H and O–H groups in total. The Hall–Kier alpha value is -4.31. The summed E-state index contributed by atoms with van der Waals surface area (Å²) in [6.45, 7) is 4.01. The number of halogens is 1. The van der Waals surface area contributed by atoms with Gasteiger partial charge in [0, 0.05) is 49.7 Å². The van der Waals surface area contributed by atoms with Gasteiger partial charge in [-0.15, -0.1) is 0 Å². The van der Waals surface area contributed by atoms with Crippen LogP contribution in [0.25, 0.3) is 21.9 Å². The number of para-hydroxylation sites is 1. The molecule has 3 heterocycles. The van der Waals surface area contributed by atoms with Crippen LogP contribution in [0.3, 0.4) is 0 Å². The Morgan fingerprint density at radius 3 is 2.46 bits per heavy atom. The van der Waals surface area contributed by atoms with Crippen molar-refractivity contribution in [2.45, 2.75) is 13.5 Å². The van der Waals surface area contributed by atoms with Crippen molar-refractivity contribution in [1.82, 2.24) is 9.47 Å².